The molecule has 3 N–H and O–H groups in total. The van der Waals surface area contributed by atoms with Crippen molar-refractivity contribution in [3.8, 4) is 28.4 Å². The Hall–Kier alpha value is -4.43. The van der Waals surface area contributed by atoms with Gasteiger partial charge in [0.05, 0.1) is 11.1 Å². The minimum Gasteiger partial charge on any atom is -0.457 e. The van der Waals surface area contributed by atoms with Crippen LogP contribution in [0.1, 0.15) is 0 Å². The Labute approximate surface area is 203 Å². The maximum atomic E-state index is 6.30. The molecule has 0 bridgehead atoms. The fourth-order valence-electron chi connectivity index (χ4n) is 4.39. The molecule has 0 saturated carbocycles. The van der Waals surface area contributed by atoms with Gasteiger partial charge in [-0.3, -0.25) is 0 Å². The topological polar surface area (TPSA) is 94.1 Å². The quantitative estimate of drug-likeness (QED) is 0.402. The van der Waals surface area contributed by atoms with E-state index in [-0.39, 0.29) is 0 Å². The number of ether oxygens (including phenoxy) is 1. The fourth-order valence-corrected chi connectivity index (χ4v) is 4.39. The van der Waals surface area contributed by atoms with Crippen LogP contribution in [-0.2, 0) is 0 Å². The number of nitrogens with two attached hydrogens (primary N) is 1. The zero-order valence-electron chi connectivity index (χ0n) is 19.1. The van der Waals surface area contributed by atoms with Crippen LogP contribution in [0.2, 0.25) is 0 Å². The summed E-state index contributed by atoms with van der Waals surface area (Å²) in [6.45, 7) is 4.00. The summed E-state index contributed by atoms with van der Waals surface area (Å²) in [5.41, 5.74) is 10.7. The highest BCUT2D eigenvalue weighted by atomic mass is 16.5. The molecular formula is C27H25N7O. The maximum Gasteiger partial charge on any atom is 0.169 e. The van der Waals surface area contributed by atoms with Crippen molar-refractivity contribution in [3.05, 3.63) is 85.2 Å². The van der Waals surface area contributed by atoms with E-state index < -0.39 is 0 Å². The van der Waals surface area contributed by atoms with Crippen molar-refractivity contribution >= 4 is 22.5 Å². The first-order valence-corrected chi connectivity index (χ1v) is 11.6. The van der Waals surface area contributed by atoms with Gasteiger partial charge >= 0.3 is 0 Å². The first-order chi connectivity index (χ1) is 17.3. The van der Waals surface area contributed by atoms with Crippen LogP contribution in [0.5, 0.6) is 11.5 Å². The molecular weight excluding hydrogens is 438 g/mol. The van der Waals surface area contributed by atoms with Gasteiger partial charge in [0, 0.05) is 37.4 Å². The van der Waals surface area contributed by atoms with E-state index in [4.69, 9.17) is 15.6 Å². The molecule has 1 aliphatic heterocycles. The molecule has 2 aromatic heterocycles. The summed E-state index contributed by atoms with van der Waals surface area (Å²) in [5, 5.41) is 9.04. The standard InChI is InChI=1S/C27H25N7O/c28-26-24-25(19-6-12-23(13-7-19)35-22-4-2-1-3-5-22)32-34(27(24)31-18-30-26)21-10-8-20(9-11-21)33-16-14-29-15-17-33/h1-13,18,29H,14-17H2,(H2,28,30,31). The normalized spacial score (nSPS) is 13.8. The molecule has 0 spiro atoms. The lowest BCUT2D eigenvalue weighted by molar-refractivity contribution is 0.483. The summed E-state index contributed by atoms with van der Waals surface area (Å²) in [6.07, 6.45) is 1.48. The van der Waals surface area contributed by atoms with Gasteiger partial charge in [-0.1, -0.05) is 18.2 Å². The van der Waals surface area contributed by atoms with Crippen LogP contribution >= 0.6 is 0 Å². The van der Waals surface area contributed by atoms with Crippen molar-refractivity contribution in [1.82, 2.24) is 25.1 Å². The van der Waals surface area contributed by atoms with E-state index in [1.807, 2.05) is 59.3 Å². The van der Waals surface area contributed by atoms with Gasteiger partial charge in [-0.25, -0.2) is 14.6 Å². The summed E-state index contributed by atoms with van der Waals surface area (Å²) in [7, 11) is 0. The third kappa shape index (κ3) is 4.15. The lowest BCUT2D eigenvalue weighted by atomic mass is 10.1. The zero-order chi connectivity index (χ0) is 23.6. The molecule has 3 heterocycles. The largest absolute Gasteiger partial charge is 0.457 e. The molecule has 8 heteroatoms. The second-order valence-corrected chi connectivity index (χ2v) is 8.41. The van der Waals surface area contributed by atoms with E-state index in [1.54, 1.807) is 0 Å². The molecule has 1 aliphatic rings. The number of para-hydroxylation sites is 1. The third-order valence-corrected chi connectivity index (χ3v) is 6.18. The highest BCUT2D eigenvalue weighted by molar-refractivity contribution is 5.99. The summed E-state index contributed by atoms with van der Waals surface area (Å²) < 4.78 is 7.77. The molecule has 1 saturated heterocycles. The number of nitrogens with zero attached hydrogens (tertiary/aromatic N) is 5. The van der Waals surface area contributed by atoms with Gasteiger partial charge in [-0.15, -0.1) is 0 Å². The Morgan fingerprint density at radius 1 is 0.771 bits per heavy atom. The monoisotopic (exact) mass is 463 g/mol. The SMILES string of the molecule is Nc1ncnc2c1c(-c1ccc(Oc3ccccc3)cc1)nn2-c1ccc(N2CCNCC2)cc1. The van der Waals surface area contributed by atoms with E-state index >= 15 is 0 Å². The Kier molecular flexibility index (Phi) is 5.48. The van der Waals surface area contributed by atoms with Crippen LogP contribution in [0, 0.1) is 0 Å². The Morgan fingerprint density at radius 3 is 2.20 bits per heavy atom. The molecule has 0 radical (unpaired) electrons. The van der Waals surface area contributed by atoms with Gasteiger partial charge in [-0.2, -0.15) is 5.10 Å². The molecule has 0 amide bonds. The second kappa shape index (κ2) is 9.08. The first-order valence-electron chi connectivity index (χ1n) is 11.6. The Balaban J connectivity index is 1.35. The van der Waals surface area contributed by atoms with Gasteiger partial charge < -0.3 is 20.7 Å². The van der Waals surface area contributed by atoms with E-state index in [9.17, 15) is 0 Å². The minimum atomic E-state index is 0.401. The van der Waals surface area contributed by atoms with Crippen molar-refractivity contribution in [3.63, 3.8) is 0 Å². The number of nitrogens with one attached hydrogen (secondary N) is 1. The van der Waals surface area contributed by atoms with E-state index in [0.29, 0.717) is 11.5 Å². The summed E-state index contributed by atoms with van der Waals surface area (Å²) in [6, 6.07) is 25.9. The number of rotatable bonds is 5. The van der Waals surface area contributed by atoms with E-state index in [0.717, 1.165) is 60.0 Å². The predicted molar refractivity (Wildman–Crippen MR) is 138 cm³/mol. The number of hydrogen-bond donors (Lipinski definition) is 2. The number of aromatic nitrogens is 4. The average Bonchev–Trinajstić information content (AvgIpc) is 3.31. The Morgan fingerprint density at radius 2 is 1.46 bits per heavy atom. The molecule has 3 aromatic carbocycles. The highest BCUT2D eigenvalue weighted by Gasteiger charge is 2.19. The van der Waals surface area contributed by atoms with Crippen molar-refractivity contribution in [2.45, 2.75) is 0 Å². The van der Waals surface area contributed by atoms with Crippen molar-refractivity contribution < 1.29 is 4.74 Å². The van der Waals surface area contributed by atoms with Crippen LogP contribution in [-0.4, -0.2) is 45.9 Å². The smallest absolute Gasteiger partial charge is 0.169 e. The maximum absolute atomic E-state index is 6.30. The first kappa shape index (κ1) is 21.1. The van der Waals surface area contributed by atoms with Crippen LogP contribution in [0.4, 0.5) is 11.5 Å². The zero-order valence-corrected chi connectivity index (χ0v) is 19.1. The average molecular weight is 464 g/mol. The lowest BCUT2D eigenvalue weighted by Gasteiger charge is -2.29. The van der Waals surface area contributed by atoms with E-state index in [1.165, 1.54) is 12.0 Å². The number of anilines is 2. The number of benzene rings is 3. The molecule has 0 atom stereocenters. The summed E-state index contributed by atoms with van der Waals surface area (Å²) in [5.74, 6) is 1.94. The molecule has 6 rings (SSSR count). The third-order valence-electron chi connectivity index (χ3n) is 6.18. The lowest BCUT2D eigenvalue weighted by Crippen LogP contribution is -2.43. The van der Waals surface area contributed by atoms with Gasteiger partial charge in [0.25, 0.3) is 0 Å². The van der Waals surface area contributed by atoms with Crippen LogP contribution < -0.4 is 20.7 Å². The minimum absolute atomic E-state index is 0.401. The number of nitrogen functional groups attached to an aromatic ring is 1. The molecule has 1 fully saturated rings. The van der Waals surface area contributed by atoms with Gasteiger partial charge in [0.15, 0.2) is 5.65 Å². The molecule has 8 nitrogen and oxygen atoms in total. The summed E-state index contributed by atoms with van der Waals surface area (Å²) >= 11 is 0. The molecule has 5 aromatic rings. The number of fused-ring (bicyclic) bond motifs is 1. The van der Waals surface area contributed by atoms with Crippen molar-refractivity contribution in [2.75, 3.05) is 36.8 Å². The van der Waals surface area contributed by atoms with Crippen LogP contribution in [0.3, 0.4) is 0 Å². The van der Waals surface area contributed by atoms with Crippen LogP contribution in [0.25, 0.3) is 28.0 Å². The van der Waals surface area contributed by atoms with E-state index in [2.05, 4.69) is 44.5 Å². The number of piperazine rings is 1. The predicted octanol–water partition coefficient (Wildman–Crippen LogP) is 4.27. The molecule has 174 valence electrons. The Bertz CT molecular complexity index is 1440. The molecule has 0 aliphatic carbocycles. The summed E-state index contributed by atoms with van der Waals surface area (Å²) in [4.78, 5) is 11.1. The highest BCUT2D eigenvalue weighted by Crippen LogP contribution is 2.33. The van der Waals surface area contributed by atoms with Crippen molar-refractivity contribution in [2.24, 2.45) is 0 Å². The van der Waals surface area contributed by atoms with Crippen molar-refractivity contribution in [1.29, 1.82) is 0 Å². The molecule has 35 heavy (non-hydrogen) atoms. The van der Waals surface area contributed by atoms with Gasteiger partial charge in [0.2, 0.25) is 0 Å². The van der Waals surface area contributed by atoms with Crippen LogP contribution in [0.15, 0.2) is 85.2 Å². The molecule has 0 unspecified atom stereocenters. The van der Waals surface area contributed by atoms with Gasteiger partial charge in [-0.05, 0) is 60.7 Å². The second-order valence-electron chi connectivity index (χ2n) is 8.41. The number of hydrogen-bond acceptors (Lipinski definition) is 7. The fraction of sp³-hybridized carbons (Fsp3) is 0.148. The van der Waals surface area contributed by atoms with Gasteiger partial charge in [0.1, 0.15) is 29.3 Å².